The molecule has 0 radical (unpaired) electrons. The van der Waals surface area contributed by atoms with Crippen LogP contribution in [0.5, 0.6) is 11.5 Å². The number of hydrogen-bond acceptors (Lipinski definition) is 2. The van der Waals surface area contributed by atoms with Crippen molar-refractivity contribution in [3.8, 4) is 11.5 Å². The van der Waals surface area contributed by atoms with Gasteiger partial charge in [-0.05, 0) is 19.1 Å². The summed E-state index contributed by atoms with van der Waals surface area (Å²) in [6.45, 7) is 1.87. The normalized spacial score (nSPS) is 10.4. The highest BCUT2D eigenvalue weighted by atomic mass is 35.5. The van der Waals surface area contributed by atoms with E-state index in [0.29, 0.717) is 26.7 Å². The maximum absolute atomic E-state index is 6.01. The SMILES string of the molecule is Cc1cnc(Cl)cc1Oc1cc(Cl)ccc1Cl. The summed E-state index contributed by atoms with van der Waals surface area (Å²) in [6.07, 6.45) is 1.64. The fraction of sp³-hybridized carbons (Fsp3) is 0.0833. The number of rotatable bonds is 2. The third-order valence-electron chi connectivity index (χ3n) is 2.13. The molecule has 1 aromatic carbocycles. The maximum atomic E-state index is 6.01. The van der Waals surface area contributed by atoms with Crippen LogP contribution in [0.4, 0.5) is 0 Å². The van der Waals surface area contributed by atoms with Gasteiger partial charge < -0.3 is 4.74 Å². The summed E-state index contributed by atoms with van der Waals surface area (Å²) in [4.78, 5) is 3.95. The molecule has 0 aliphatic heterocycles. The van der Waals surface area contributed by atoms with Gasteiger partial charge in [0.25, 0.3) is 0 Å². The van der Waals surface area contributed by atoms with E-state index in [1.54, 1.807) is 30.5 Å². The number of pyridine rings is 1. The van der Waals surface area contributed by atoms with Crippen molar-refractivity contribution in [1.29, 1.82) is 0 Å². The molecular weight excluding hydrogens is 280 g/mol. The highest BCUT2D eigenvalue weighted by Crippen LogP contribution is 2.33. The van der Waals surface area contributed by atoms with Gasteiger partial charge in [-0.2, -0.15) is 0 Å². The number of nitrogens with zero attached hydrogens (tertiary/aromatic N) is 1. The van der Waals surface area contributed by atoms with Crippen molar-refractivity contribution < 1.29 is 4.74 Å². The lowest BCUT2D eigenvalue weighted by molar-refractivity contribution is 0.478. The molecule has 0 fully saturated rings. The fourth-order valence-corrected chi connectivity index (χ4v) is 1.73. The van der Waals surface area contributed by atoms with Crippen LogP contribution in [-0.2, 0) is 0 Å². The molecule has 5 heteroatoms. The zero-order chi connectivity index (χ0) is 12.4. The molecule has 0 atom stereocenters. The van der Waals surface area contributed by atoms with E-state index in [1.807, 2.05) is 6.92 Å². The predicted octanol–water partition coefficient (Wildman–Crippen LogP) is 5.14. The molecule has 0 saturated carbocycles. The van der Waals surface area contributed by atoms with E-state index in [1.165, 1.54) is 0 Å². The molecule has 1 aromatic heterocycles. The second-order valence-corrected chi connectivity index (χ2v) is 4.68. The summed E-state index contributed by atoms with van der Waals surface area (Å²) in [5.41, 5.74) is 0.866. The molecule has 0 spiro atoms. The molecule has 1 heterocycles. The van der Waals surface area contributed by atoms with Crippen molar-refractivity contribution in [1.82, 2.24) is 4.98 Å². The van der Waals surface area contributed by atoms with E-state index in [2.05, 4.69) is 4.98 Å². The average Bonchev–Trinajstić information content (AvgIpc) is 2.28. The third kappa shape index (κ3) is 3.03. The summed E-state index contributed by atoms with van der Waals surface area (Å²) >= 11 is 17.7. The van der Waals surface area contributed by atoms with Gasteiger partial charge in [0, 0.05) is 28.9 Å². The number of ether oxygens (including phenoxy) is 1. The van der Waals surface area contributed by atoms with Crippen LogP contribution in [0.15, 0.2) is 30.5 Å². The van der Waals surface area contributed by atoms with Gasteiger partial charge in [0.05, 0.1) is 5.02 Å². The van der Waals surface area contributed by atoms with Crippen LogP contribution in [-0.4, -0.2) is 4.98 Å². The Bertz CT molecular complexity index is 508. The Morgan fingerprint density at radius 3 is 2.59 bits per heavy atom. The predicted molar refractivity (Wildman–Crippen MR) is 70.5 cm³/mol. The lowest BCUT2D eigenvalue weighted by atomic mass is 10.3. The van der Waals surface area contributed by atoms with Gasteiger partial charge in [0.15, 0.2) is 0 Å². The summed E-state index contributed by atoms with van der Waals surface area (Å²) in [7, 11) is 0. The zero-order valence-electron chi connectivity index (χ0n) is 8.88. The van der Waals surface area contributed by atoms with Gasteiger partial charge in [-0.15, -0.1) is 0 Å². The largest absolute Gasteiger partial charge is 0.455 e. The van der Waals surface area contributed by atoms with Gasteiger partial charge in [-0.3, -0.25) is 0 Å². The van der Waals surface area contributed by atoms with Gasteiger partial charge >= 0.3 is 0 Å². The molecule has 0 bridgehead atoms. The Morgan fingerprint density at radius 1 is 1.06 bits per heavy atom. The Labute approximate surface area is 114 Å². The van der Waals surface area contributed by atoms with Crippen LogP contribution in [0.25, 0.3) is 0 Å². The highest BCUT2D eigenvalue weighted by Gasteiger charge is 2.07. The van der Waals surface area contributed by atoms with Crippen molar-refractivity contribution in [2.24, 2.45) is 0 Å². The fourth-order valence-electron chi connectivity index (χ4n) is 1.27. The second-order valence-electron chi connectivity index (χ2n) is 3.45. The Kier molecular flexibility index (Phi) is 3.77. The summed E-state index contributed by atoms with van der Waals surface area (Å²) in [6, 6.07) is 6.66. The zero-order valence-corrected chi connectivity index (χ0v) is 11.1. The topological polar surface area (TPSA) is 22.1 Å². The third-order valence-corrected chi connectivity index (χ3v) is 2.89. The summed E-state index contributed by atoms with van der Waals surface area (Å²) in [5.74, 6) is 1.10. The van der Waals surface area contributed by atoms with Gasteiger partial charge in [0.2, 0.25) is 0 Å². The molecule has 2 rings (SSSR count). The minimum Gasteiger partial charge on any atom is -0.455 e. The van der Waals surface area contributed by atoms with Gasteiger partial charge in [-0.25, -0.2) is 4.98 Å². The van der Waals surface area contributed by atoms with Crippen LogP contribution < -0.4 is 4.74 Å². The van der Waals surface area contributed by atoms with E-state index in [0.717, 1.165) is 5.56 Å². The van der Waals surface area contributed by atoms with E-state index in [-0.39, 0.29) is 0 Å². The molecule has 0 saturated heterocycles. The van der Waals surface area contributed by atoms with Gasteiger partial charge in [-0.1, -0.05) is 34.8 Å². The lowest BCUT2D eigenvalue weighted by Crippen LogP contribution is -1.90. The van der Waals surface area contributed by atoms with Crippen LogP contribution in [0.1, 0.15) is 5.56 Å². The molecule has 0 N–H and O–H groups in total. The first-order chi connectivity index (χ1) is 8.06. The van der Waals surface area contributed by atoms with Crippen LogP contribution >= 0.6 is 34.8 Å². The Hall–Kier alpha value is -0.960. The molecule has 88 valence electrons. The van der Waals surface area contributed by atoms with E-state index >= 15 is 0 Å². The van der Waals surface area contributed by atoms with E-state index in [4.69, 9.17) is 39.5 Å². The Balaban J connectivity index is 2.37. The molecule has 0 aliphatic rings. The van der Waals surface area contributed by atoms with Crippen molar-refractivity contribution >= 4 is 34.8 Å². The number of aromatic nitrogens is 1. The first kappa shape index (κ1) is 12.5. The number of benzene rings is 1. The number of halogens is 3. The van der Waals surface area contributed by atoms with Gasteiger partial charge in [0.1, 0.15) is 16.7 Å². The molecule has 0 unspecified atom stereocenters. The van der Waals surface area contributed by atoms with Crippen LogP contribution in [0.2, 0.25) is 15.2 Å². The number of aryl methyl sites for hydroxylation is 1. The van der Waals surface area contributed by atoms with E-state index in [9.17, 15) is 0 Å². The summed E-state index contributed by atoms with van der Waals surface area (Å²) in [5, 5.41) is 1.41. The molecular formula is C12H8Cl3NO. The van der Waals surface area contributed by atoms with Crippen molar-refractivity contribution in [3.05, 3.63) is 51.2 Å². The average molecular weight is 289 g/mol. The lowest BCUT2D eigenvalue weighted by Gasteiger charge is -2.10. The first-order valence-electron chi connectivity index (χ1n) is 4.81. The monoisotopic (exact) mass is 287 g/mol. The van der Waals surface area contributed by atoms with Crippen LogP contribution in [0.3, 0.4) is 0 Å². The number of hydrogen-bond donors (Lipinski definition) is 0. The molecule has 17 heavy (non-hydrogen) atoms. The second kappa shape index (κ2) is 5.13. The Morgan fingerprint density at radius 2 is 1.82 bits per heavy atom. The van der Waals surface area contributed by atoms with Crippen LogP contribution in [0, 0.1) is 6.92 Å². The summed E-state index contributed by atoms with van der Waals surface area (Å²) < 4.78 is 5.66. The quantitative estimate of drug-likeness (QED) is 0.714. The van der Waals surface area contributed by atoms with Crippen molar-refractivity contribution in [3.63, 3.8) is 0 Å². The molecule has 0 aliphatic carbocycles. The minimum atomic E-state index is 0.365. The highest BCUT2D eigenvalue weighted by molar-refractivity contribution is 6.34. The standard InChI is InChI=1S/C12H8Cl3NO/c1-7-6-16-12(15)5-10(7)17-11-4-8(13)2-3-9(11)14/h2-6H,1H3. The maximum Gasteiger partial charge on any atom is 0.147 e. The van der Waals surface area contributed by atoms with E-state index < -0.39 is 0 Å². The molecule has 2 aromatic rings. The minimum absolute atomic E-state index is 0.365. The smallest absolute Gasteiger partial charge is 0.147 e. The van der Waals surface area contributed by atoms with Crippen molar-refractivity contribution in [2.45, 2.75) is 6.92 Å². The van der Waals surface area contributed by atoms with Crippen molar-refractivity contribution in [2.75, 3.05) is 0 Å². The molecule has 2 nitrogen and oxygen atoms in total. The first-order valence-corrected chi connectivity index (χ1v) is 5.94. The molecule has 0 amide bonds.